The van der Waals surface area contributed by atoms with Crippen LogP contribution in [0.25, 0.3) is 0 Å². The average molecular weight is 395 g/mol. The summed E-state index contributed by atoms with van der Waals surface area (Å²) in [4.78, 5) is 15.2. The van der Waals surface area contributed by atoms with Crippen LogP contribution in [0.1, 0.15) is 57.2 Å². The molecule has 3 atom stereocenters. The normalized spacial score (nSPS) is 18.8. The van der Waals surface area contributed by atoms with E-state index in [1.165, 1.54) is 18.5 Å². The zero-order valence-corrected chi connectivity index (χ0v) is 18.2. The topological polar surface area (TPSA) is 41.6 Å². The molecule has 4 nitrogen and oxygen atoms in total. The van der Waals surface area contributed by atoms with E-state index in [4.69, 9.17) is 4.74 Å². The number of carbonyl (C=O) groups excluding carboxylic acids is 1. The smallest absolute Gasteiger partial charge is 0.261 e. The maximum atomic E-state index is 12.8. The van der Waals surface area contributed by atoms with Crippen LogP contribution in [-0.2, 0) is 4.79 Å². The highest BCUT2D eigenvalue weighted by Gasteiger charge is 2.22. The molecule has 1 heterocycles. The van der Waals surface area contributed by atoms with Gasteiger partial charge in [-0.2, -0.15) is 0 Å². The first-order chi connectivity index (χ1) is 14.0. The maximum absolute atomic E-state index is 12.8. The van der Waals surface area contributed by atoms with Crippen molar-refractivity contribution >= 4 is 11.6 Å². The predicted molar refractivity (Wildman–Crippen MR) is 119 cm³/mol. The number of benzene rings is 2. The summed E-state index contributed by atoms with van der Waals surface area (Å²) in [6.07, 6.45) is 2.71. The number of piperidine rings is 1. The molecule has 1 amide bonds. The number of carbonyl (C=O) groups is 1. The Labute approximate surface area is 175 Å². The van der Waals surface area contributed by atoms with Gasteiger partial charge >= 0.3 is 0 Å². The molecule has 0 unspecified atom stereocenters. The molecule has 0 aromatic heterocycles. The molecular formula is C25H34N2O2. The van der Waals surface area contributed by atoms with Crippen LogP contribution in [0.15, 0.2) is 48.5 Å². The Hall–Kier alpha value is -2.49. The van der Waals surface area contributed by atoms with Gasteiger partial charge < -0.3 is 15.0 Å². The maximum Gasteiger partial charge on any atom is 0.261 e. The van der Waals surface area contributed by atoms with Crippen LogP contribution in [-0.4, -0.2) is 25.1 Å². The van der Waals surface area contributed by atoms with Crippen molar-refractivity contribution in [1.82, 2.24) is 5.32 Å². The summed E-state index contributed by atoms with van der Waals surface area (Å²) in [5.41, 5.74) is 3.42. The summed E-state index contributed by atoms with van der Waals surface area (Å²) in [7, 11) is 0. The number of hydrogen-bond acceptors (Lipinski definition) is 3. The van der Waals surface area contributed by atoms with Crippen molar-refractivity contribution in [3.05, 3.63) is 59.7 Å². The molecule has 1 saturated heterocycles. The molecule has 29 heavy (non-hydrogen) atoms. The Morgan fingerprint density at radius 2 is 1.93 bits per heavy atom. The van der Waals surface area contributed by atoms with Crippen LogP contribution in [0.3, 0.4) is 0 Å². The van der Waals surface area contributed by atoms with Crippen molar-refractivity contribution in [2.24, 2.45) is 5.92 Å². The van der Waals surface area contributed by atoms with E-state index in [1.54, 1.807) is 0 Å². The van der Waals surface area contributed by atoms with Crippen molar-refractivity contribution < 1.29 is 9.53 Å². The molecule has 156 valence electrons. The van der Waals surface area contributed by atoms with E-state index < -0.39 is 6.10 Å². The van der Waals surface area contributed by atoms with Gasteiger partial charge in [-0.25, -0.2) is 0 Å². The van der Waals surface area contributed by atoms with E-state index in [0.29, 0.717) is 6.42 Å². The van der Waals surface area contributed by atoms with Crippen LogP contribution in [0.5, 0.6) is 5.75 Å². The molecule has 2 aromatic carbocycles. The summed E-state index contributed by atoms with van der Waals surface area (Å²) in [6.45, 7) is 10.6. The number of ether oxygens (including phenoxy) is 1. The standard InChI is InChI=1S/C25H34N2O2/c1-5-23(29-24-11-7-6-10-19(24)3)25(28)26-20(4)21-12-14-22(15-13-21)27-16-8-9-18(2)17-27/h6-7,10-15,18,20,23H,5,8-9,16-17H2,1-4H3,(H,26,28)/t18-,20-,23-/m1/s1. The number of nitrogens with one attached hydrogen (secondary N) is 1. The van der Waals surface area contributed by atoms with Gasteiger partial charge in [0.05, 0.1) is 6.04 Å². The Balaban J connectivity index is 1.60. The first-order valence-electron chi connectivity index (χ1n) is 10.9. The first kappa shape index (κ1) is 21.2. The number of anilines is 1. The minimum Gasteiger partial charge on any atom is -0.480 e. The molecule has 1 aliphatic rings. The van der Waals surface area contributed by atoms with Gasteiger partial charge in [0.1, 0.15) is 5.75 Å². The first-order valence-corrected chi connectivity index (χ1v) is 10.9. The molecule has 3 rings (SSSR count). The summed E-state index contributed by atoms with van der Waals surface area (Å²) in [6, 6.07) is 16.4. The van der Waals surface area contributed by atoms with Gasteiger partial charge in [0.2, 0.25) is 0 Å². The summed E-state index contributed by atoms with van der Waals surface area (Å²) >= 11 is 0. The zero-order chi connectivity index (χ0) is 20.8. The molecule has 0 bridgehead atoms. The third-order valence-corrected chi connectivity index (χ3v) is 5.80. The summed E-state index contributed by atoms with van der Waals surface area (Å²) < 4.78 is 5.98. The highest BCUT2D eigenvalue weighted by molar-refractivity contribution is 5.81. The highest BCUT2D eigenvalue weighted by Crippen LogP contribution is 2.25. The predicted octanol–water partition coefficient (Wildman–Crippen LogP) is 5.27. The minimum absolute atomic E-state index is 0.0636. The lowest BCUT2D eigenvalue weighted by molar-refractivity contribution is -0.128. The lowest BCUT2D eigenvalue weighted by atomic mass is 9.99. The van der Waals surface area contributed by atoms with Crippen LogP contribution < -0.4 is 15.0 Å². The van der Waals surface area contributed by atoms with Crippen molar-refractivity contribution in [2.75, 3.05) is 18.0 Å². The number of hydrogen-bond donors (Lipinski definition) is 1. The zero-order valence-electron chi connectivity index (χ0n) is 18.2. The Morgan fingerprint density at radius 3 is 2.59 bits per heavy atom. The second-order valence-electron chi connectivity index (χ2n) is 8.30. The monoisotopic (exact) mass is 394 g/mol. The average Bonchev–Trinajstić information content (AvgIpc) is 2.73. The number of aryl methyl sites for hydroxylation is 1. The molecule has 1 N–H and O–H groups in total. The van der Waals surface area contributed by atoms with Gasteiger partial charge in [0.25, 0.3) is 5.91 Å². The fourth-order valence-electron chi connectivity index (χ4n) is 3.95. The third-order valence-electron chi connectivity index (χ3n) is 5.80. The fraction of sp³-hybridized carbons (Fsp3) is 0.480. The quantitative estimate of drug-likeness (QED) is 0.696. The second-order valence-corrected chi connectivity index (χ2v) is 8.30. The van der Waals surface area contributed by atoms with Gasteiger partial charge in [0.15, 0.2) is 6.10 Å². The van der Waals surface area contributed by atoms with Crippen LogP contribution in [0, 0.1) is 12.8 Å². The van der Waals surface area contributed by atoms with Crippen LogP contribution >= 0.6 is 0 Å². The van der Waals surface area contributed by atoms with Gasteiger partial charge in [-0.05, 0) is 68.4 Å². The molecule has 4 heteroatoms. The van der Waals surface area contributed by atoms with Gasteiger partial charge in [0, 0.05) is 18.8 Å². The molecule has 0 radical (unpaired) electrons. The number of amides is 1. The largest absolute Gasteiger partial charge is 0.480 e. The van der Waals surface area contributed by atoms with Crippen molar-refractivity contribution in [3.63, 3.8) is 0 Å². The molecule has 1 fully saturated rings. The Bertz CT molecular complexity index is 803. The molecule has 0 aliphatic carbocycles. The lowest BCUT2D eigenvalue weighted by Crippen LogP contribution is -2.39. The highest BCUT2D eigenvalue weighted by atomic mass is 16.5. The summed E-state index contributed by atoms with van der Waals surface area (Å²) in [5.74, 6) is 1.44. The van der Waals surface area contributed by atoms with E-state index in [0.717, 1.165) is 35.9 Å². The number of rotatable bonds is 7. The molecule has 0 spiro atoms. The van der Waals surface area contributed by atoms with Gasteiger partial charge in [-0.15, -0.1) is 0 Å². The minimum atomic E-state index is -0.493. The number of para-hydroxylation sites is 1. The van der Waals surface area contributed by atoms with E-state index >= 15 is 0 Å². The fourth-order valence-corrected chi connectivity index (χ4v) is 3.95. The lowest BCUT2D eigenvalue weighted by Gasteiger charge is -2.33. The van der Waals surface area contributed by atoms with Gasteiger partial charge in [-0.3, -0.25) is 4.79 Å². The Kier molecular flexibility index (Phi) is 7.18. The Morgan fingerprint density at radius 1 is 1.21 bits per heavy atom. The third kappa shape index (κ3) is 5.53. The van der Waals surface area contributed by atoms with Crippen LogP contribution in [0.2, 0.25) is 0 Å². The van der Waals surface area contributed by atoms with E-state index in [2.05, 4.69) is 41.4 Å². The van der Waals surface area contributed by atoms with Crippen molar-refractivity contribution in [3.8, 4) is 5.75 Å². The molecular weight excluding hydrogens is 360 g/mol. The van der Waals surface area contributed by atoms with Gasteiger partial charge in [-0.1, -0.05) is 44.2 Å². The van der Waals surface area contributed by atoms with Crippen LogP contribution in [0.4, 0.5) is 5.69 Å². The van der Waals surface area contributed by atoms with Crippen molar-refractivity contribution in [2.45, 2.75) is 59.1 Å². The molecule has 2 aromatic rings. The molecule has 1 aliphatic heterocycles. The van der Waals surface area contributed by atoms with E-state index in [9.17, 15) is 4.79 Å². The SMILES string of the molecule is CC[C@@H](Oc1ccccc1C)C(=O)N[C@H](C)c1ccc(N2CCC[C@@H](C)C2)cc1. The van der Waals surface area contributed by atoms with Crippen molar-refractivity contribution in [1.29, 1.82) is 0 Å². The van der Waals surface area contributed by atoms with E-state index in [-0.39, 0.29) is 11.9 Å². The summed E-state index contributed by atoms with van der Waals surface area (Å²) in [5, 5.41) is 3.12. The molecule has 0 saturated carbocycles. The number of nitrogens with zero attached hydrogens (tertiary/aromatic N) is 1. The van der Waals surface area contributed by atoms with E-state index in [1.807, 2.05) is 45.0 Å². The second kappa shape index (κ2) is 9.82.